The quantitative estimate of drug-likeness (QED) is 0.419. The van der Waals surface area contributed by atoms with E-state index < -0.39 is 54.2 Å². The number of nitrogens with zero attached hydrogens (tertiary/aromatic N) is 2. The molecule has 0 aliphatic heterocycles. The van der Waals surface area contributed by atoms with Gasteiger partial charge in [-0.1, -0.05) is 0 Å². The number of benzene rings is 2. The van der Waals surface area contributed by atoms with Crippen LogP contribution in [-0.2, 0) is 9.84 Å². The molecular weight excluding hydrogens is 451 g/mol. The SMILES string of the molecule is O=[N+]([O-])c1ccc(NCC(O)COc2ccc(S(=O)(=O)C(F)(F)F)cc2[N+](=O)[O-])cc1. The van der Waals surface area contributed by atoms with Crippen LogP contribution in [0.25, 0.3) is 0 Å². The first-order chi connectivity index (χ1) is 14.3. The number of anilines is 1. The molecule has 0 spiro atoms. The van der Waals surface area contributed by atoms with Gasteiger partial charge in [0.1, 0.15) is 12.7 Å². The molecule has 1 atom stereocenters. The molecule has 0 amide bonds. The minimum absolute atomic E-state index is 0.133. The molecule has 168 valence electrons. The lowest BCUT2D eigenvalue weighted by Crippen LogP contribution is -2.26. The van der Waals surface area contributed by atoms with Crippen molar-refractivity contribution < 1.29 is 41.3 Å². The molecule has 0 radical (unpaired) electrons. The van der Waals surface area contributed by atoms with E-state index in [1.54, 1.807) is 0 Å². The Hall–Kier alpha value is -3.46. The van der Waals surface area contributed by atoms with E-state index in [-0.39, 0.29) is 18.3 Å². The first-order valence-electron chi connectivity index (χ1n) is 8.22. The zero-order valence-corrected chi connectivity index (χ0v) is 16.1. The van der Waals surface area contributed by atoms with Crippen LogP contribution in [0.3, 0.4) is 0 Å². The lowest BCUT2D eigenvalue weighted by molar-refractivity contribution is -0.386. The van der Waals surface area contributed by atoms with Crippen molar-refractivity contribution in [2.75, 3.05) is 18.5 Å². The number of halogens is 3. The molecule has 2 rings (SSSR count). The molecule has 0 fully saturated rings. The Morgan fingerprint density at radius 3 is 2.19 bits per heavy atom. The number of hydrogen-bond donors (Lipinski definition) is 2. The highest BCUT2D eigenvalue weighted by Gasteiger charge is 2.47. The van der Waals surface area contributed by atoms with Crippen LogP contribution >= 0.6 is 0 Å². The molecule has 0 aromatic heterocycles. The molecule has 0 aliphatic carbocycles. The van der Waals surface area contributed by atoms with Crippen LogP contribution in [0.2, 0.25) is 0 Å². The highest BCUT2D eigenvalue weighted by atomic mass is 32.2. The number of alkyl halides is 3. The Bertz CT molecular complexity index is 1070. The number of aliphatic hydroxyl groups excluding tert-OH is 1. The maximum absolute atomic E-state index is 12.6. The summed E-state index contributed by atoms with van der Waals surface area (Å²) in [7, 11) is -5.79. The van der Waals surface area contributed by atoms with Gasteiger partial charge in [-0.15, -0.1) is 0 Å². The molecule has 2 aromatic carbocycles. The Labute approximate surface area is 172 Å². The topological polar surface area (TPSA) is 162 Å². The van der Waals surface area contributed by atoms with Crippen molar-refractivity contribution in [3.8, 4) is 5.75 Å². The number of ether oxygens (including phenoxy) is 1. The largest absolute Gasteiger partial charge is 0.501 e. The highest BCUT2D eigenvalue weighted by molar-refractivity contribution is 7.92. The summed E-state index contributed by atoms with van der Waals surface area (Å²) in [6, 6.07) is 6.64. The molecule has 11 nitrogen and oxygen atoms in total. The van der Waals surface area contributed by atoms with E-state index in [0.29, 0.717) is 17.8 Å². The average Bonchev–Trinajstić information content (AvgIpc) is 2.69. The first-order valence-corrected chi connectivity index (χ1v) is 9.70. The zero-order valence-electron chi connectivity index (χ0n) is 15.3. The minimum atomic E-state index is -5.79. The normalized spacial score (nSPS) is 12.8. The van der Waals surface area contributed by atoms with Crippen molar-refractivity contribution in [2.24, 2.45) is 0 Å². The number of nitro benzene ring substituents is 2. The maximum atomic E-state index is 12.6. The first kappa shape index (κ1) is 23.8. The Kier molecular flexibility index (Phi) is 7.02. The summed E-state index contributed by atoms with van der Waals surface area (Å²) in [4.78, 5) is 18.7. The fourth-order valence-electron chi connectivity index (χ4n) is 2.24. The van der Waals surface area contributed by atoms with Crippen LogP contribution in [0.5, 0.6) is 5.75 Å². The summed E-state index contributed by atoms with van der Waals surface area (Å²) in [5.41, 5.74) is -6.38. The van der Waals surface area contributed by atoms with Crippen LogP contribution < -0.4 is 10.1 Å². The van der Waals surface area contributed by atoms with Gasteiger partial charge in [0, 0.05) is 30.4 Å². The molecule has 15 heteroatoms. The van der Waals surface area contributed by atoms with E-state index in [4.69, 9.17) is 4.74 Å². The fraction of sp³-hybridized carbons (Fsp3) is 0.250. The van der Waals surface area contributed by atoms with Crippen molar-refractivity contribution in [1.82, 2.24) is 0 Å². The monoisotopic (exact) mass is 465 g/mol. The number of non-ortho nitro benzene ring substituents is 1. The number of aliphatic hydroxyl groups is 1. The second-order valence-electron chi connectivity index (χ2n) is 5.99. The Balaban J connectivity index is 2.05. The number of nitrogens with one attached hydrogen (secondary N) is 1. The number of sulfone groups is 1. The Morgan fingerprint density at radius 1 is 1.06 bits per heavy atom. The molecule has 0 saturated heterocycles. The van der Waals surface area contributed by atoms with E-state index in [1.807, 2.05) is 0 Å². The van der Waals surface area contributed by atoms with Crippen LogP contribution in [0.1, 0.15) is 0 Å². The van der Waals surface area contributed by atoms with Crippen molar-refractivity contribution in [3.63, 3.8) is 0 Å². The predicted octanol–water partition coefficient (Wildman–Crippen LogP) is 2.65. The highest BCUT2D eigenvalue weighted by Crippen LogP contribution is 2.35. The van der Waals surface area contributed by atoms with Crippen LogP contribution in [0.4, 0.5) is 30.2 Å². The summed E-state index contributed by atoms with van der Waals surface area (Å²) < 4.78 is 65.8. The third-order valence-electron chi connectivity index (χ3n) is 3.79. The third kappa shape index (κ3) is 5.79. The molecule has 0 aliphatic rings. The predicted molar refractivity (Wildman–Crippen MR) is 99.4 cm³/mol. The second-order valence-corrected chi connectivity index (χ2v) is 7.93. The number of hydrogen-bond acceptors (Lipinski definition) is 9. The molecule has 0 saturated carbocycles. The fourth-order valence-corrected chi connectivity index (χ4v) is 3.03. The third-order valence-corrected chi connectivity index (χ3v) is 5.28. The number of nitro groups is 2. The average molecular weight is 465 g/mol. The van der Waals surface area contributed by atoms with Gasteiger partial charge in [-0.05, 0) is 24.3 Å². The van der Waals surface area contributed by atoms with Crippen LogP contribution in [-0.4, -0.2) is 48.1 Å². The summed E-state index contributed by atoms with van der Waals surface area (Å²) in [5.74, 6) is -0.541. The minimum Gasteiger partial charge on any atom is -0.484 e. The van der Waals surface area contributed by atoms with Crippen LogP contribution in [0.15, 0.2) is 47.4 Å². The van der Waals surface area contributed by atoms with Crippen LogP contribution in [0, 0.1) is 20.2 Å². The molecule has 0 heterocycles. The molecule has 1 unspecified atom stereocenters. The molecule has 0 bridgehead atoms. The van der Waals surface area contributed by atoms with Crippen molar-refractivity contribution in [2.45, 2.75) is 16.5 Å². The van der Waals surface area contributed by atoms with Gasteiger partial charge in [0.15, 0.2) is 5.75 Å². The van der Waals surface area contributed by atoms with Crippen molar-refractivity contribution in [1.29, 1.82) is 0 Å². The lowest BCUT2D eigenvalue weighted by atomic mass is 10.2. The van der Waals surface area contributed by atoms with Gasteiger partial charge < -0.3 is 15.2 Å². The molecular formula is C16H14F3N3O8S. The Morgan fingerprint density at radius 2 is 1.68 bits per heavy atom. The van der Waals surface area contributed by atoms with Gasteiger partial charge in [0.2, 0.25) is 0 Å². The standard InChI is InChI=1S/C16H14F3N3O8S/c17-16(18,19)31(28,29)13-5-6-15(14(7-13)22(26)27)30-9-12(23)8-20-10-1-3-11(4-2-10)21(24)25/h1-7,12,20,23H,8-9H2. The van der Waals surface area contributed by atoms with E-state index in [1.165, 1.54) is 24.3 Å². The van der Waals surface area contributed by atoms with Gasteiger partial charge in [0.05, 0.1) is 14.7 Å². The summed E-state index contributed by atoms with van der Waals surface area (Å²) >= 11 is 0. The molecule has 2 N–H and O–H groups in total. The number of rotatable bonds is 9. The zero-order chi connectivity index (χ0) is 23.4. The van der Waals surface area contributed by atoms with E-state index in [2.05, 4.69) is 5.32 Å². The van der Waals surface area contributed by atoms with E-state index >= 15 is 0 Å². The smallest absolute Gasteiger partial charge is 0.484 e. The van der Waals surface area contributed by atoms with Crippen molar-refractivity contribution >= 4 is 26.9 Å². The maximum Gasteiger partial charge on any atom is 0.501 e. The van der Waals surface area contributed by atoms with Crippen molar-refractivity contribution in [3.05, 3.63) is 62.7 Å². The van der Waals surface area contributed by atoms with Gasteiger partial charge in [0.25, 0.3) is 15.5 Å². The van der Waals surface area contributed by atoms with Gasteiger partial charge in [-0.2, -0.15) is 13.2 Å². The van der Waals surface area contributed by atoms with E-state index in [0.717, 1.165) is 0 Å². The van der Waals surface area contributed by atoms with Gasteiger partial charge in [-0.25, -0.2) is 8.42 Å². The lowest BCUT2D eigenvalue weighted by Gasteiger charge is -2.14. The van der Waals surface area contributed by atoms with Gasteiger partial charge in [-0.3, -0.25) is 20.2 Å². The van der Waals surface area contributed by atoms with Gasteiger partial charge >= 0.3 is 11.2 Å². The molecule has 2 aromatic rings. The summed E-state index contributed by atoms with van der Waals surface area (Å²) in [5, 5.41) is 34.4. The summed E-state index contributed by atoms with van der Waals surface area (Å²) in [6.45, 7) is -0.654. The second kappa shape index (κ2) is 9.13. The van der Waals surface area contributed by atoms with E-state index in [9.17, 15) is 46.9 Å². The summed E-state index contributed by atoms with van der Waals surface area (Å²) in [6.07, 6.45) is -1.24. The molecule has 31 heavy (non-hydrogen) atoms.